The molecule has 7 heteroatoms. The second-order valence-corrected chi connectivity index (χ2v) is 6.25. The zero-order valence-electron chi connectivity index (χ0n) is 15.2. The Labute approximate surface area is 158 Å². The van der Waals surface area contributed by atoms with Crippen molar-refractivity contribution in [1.29, 1.82) is 0 Å². The van der Waals surface area contributed by atoms with E-state index < -0.39 is 0 Å². The van der Waals surface area contributed by atoms with Gasteiger partial charge in [-0.25, -0.2) is 9.97 Å². The smallest absolute Gasteiger partial charge is 0.229 e. The molecule has 3 aromatic rings. The number of hydrogen-bond donors (Lipinski definition) is 1. The standard InChI is InChI=1S/C20H22N6O/c1-27-17-7-5-16(6-8-17)23-20-22-11-9-19(24-20)26-14-12-25(13-15-26)18-4-2-3-10-21-18/h2-11H,12-15H2,1H3,(H,22,23,24). The maximum absolute atomic E-state index is 5.18. The zero-order chi connectivity index (χ0) is 18.5. The molecule has 1 saturated heterocycles. The first kappa shape index (κ1) is 17.1. The third kappa shape index (κ3) is 4.08. The average molecular weight is 362 g/mol. The van der Waals surface area contributed by atoms with Crippen LogP contribution in [0.25, 0.3) is 0 Å². The summed E-state index contributed by atoms with van der Waals surface area (Å²) in [5, 5.41) is 3.24. The van der Waals surface area contributed by atoms with Crippen molar-refractivity contribution in [2.75, 3.05) is 48.4 Å². The van der Waals surface area contributed by atoms with Gasteiger partial charge in [-0.2, -0.15) is 4.98 Å². The fraction of sp³-hybridized carbons (Fsp3) is 0.250. The third-order valence-electron chi connectivity index (χ3n) is 4.56. The van der Waals surface area contributed by atoms with Crippen LogP contribution >= 0.6 is 0 Å². The molecule has 0 saturated carbocycles. The molecule has 0 spiro atoms. The molecule has 7 nitrogen and oxygen atoms in total. The van der Waals surface area contributed by atoms with E-state index in [1.54, 1.807) is 13.3 Å². The number of pyridine rings is 1. The van der Waals surface area contributed by atoms with E-state index in [0.717, 1.165) is 49.3 Å². The summed E-state index contributed by atoms with van der Waals surface area (Å²) in [5.41, 5.74) is 0.924. The summed E-state index contributed by atoms with van der Waals surface area (Å²) in [5.74, 6) is 3.37. The molecule has 2 aromatic heterocycles. The molecular weight excluding hydrogens is 340 g/mol. The van der Waals surface area contributed by atoms with Gasteiger partial charge in [-0.05, 0) is 42.5 Å². The molecule has 1 aliphatic rings. The molecule has 138 valence electrons. The number of ether oxygens (including phenoxy) is 1. The lowest BCUT2D eigenvalue weighted by Gasteiger charge is -2.36. The molecule has 0 atom stereocenters. The lowest BCUT2D eigenvalue weighted by Crippen LogP contribution is -2.47. The number of aromatic nitrogens is 3. The Morgan fingerprint density at radius 2 is 1.56 bits per heavy atom. The number of hydrogen-bond acceptors (Lipinski definition) is 7. The van der Waals surface area contributed by atoms with Crippen LogP contribution in [0.1, 0.15) is 0 Å². The summed E-state index contributed by atoms with van der Waals surface area (Å²) in [4.78, 5) is 18.0. The fourth-order valence-electron chi connectivity index (χ4n) is 3.09. The van der Waals surface area contributed by atoms with Gasteiger partial charge < -0.3 is 19.9 Å². The van der Waals surface area contributed by atoms with Crippen LogP contribution < -0.4 is 19.9 Å². The van der Waals surface area contributed by atoms with Crippen molar-refractivity contribution in [2.24, 2.45) is 0 Å². The normalized spacial score (nSPS) is 14.1. The van der Waals surface area contributed by atoms with Gasteiger partial charge in [0.1, 0.15) is 17.4 Å². The Bertz CT molecular complexity index is 863. The average Bonchev–Trinajstić information content (AvgIpc) is 2.75. The molecular formula is C20H22N6O. The maximum Gasteiger partial charge on any atom is 0.229 e. The van der Waals surface area contributed by atoms with Crippen molar-refractivity contribution in [3.63, 3.8) is 0 Å². The van der Waals surface area contributed by atoms with E-state index in [2.05, 4.69) is 36.1 Å². The third-order valence-corrected chi connectivity index (χ3v) is 4.56. The number of methoxy groups -OCH3 is 1. The number of rotatable bonds is 5. The van der Waals surface area contributed by atoms with E-state index in [1.165, 1.54) is 0 Å². The van der Waals surface area contributed by atoms with E-state index in [4.69, 9.17) is 4.74 Å². The lowest BCUT2D eigenvalue weighted by atomic mass is 10.3. The maximum atomic E-state index is 5.18. The summed E-state index contributed by atoms with van der Waals surface area (Å²) in [6.07, 6.45) is 3.63. The van der Waals surface area contributed by atoms with Crippen molar-refractivity contribution in [1.82, 2.24) is 15.0 Å². The van der Waals surface area contributed by atoms with E-state index in [-0.39, 0.29) is 0 Å². The minimum absolute atomic E-state index is 0.588. The van der Waals surface area contributed by atoms with Gasteiger partial charge >= 0.3 is 0 Å². The highest BCUT2D eigenvalue weighted by Crippen LogP contribution is 2.21. The number of piperazine rings is 1. The SMILES string of the molecule is COc1ccc(Nc2nccc(N3CCN(c4ccccn4)CC3)n2)cc1. The van der Waals surface area contributed by atoms with Gasteiger partial charge in [0.2, 0.25) is 5.95 Å². The van der Waals surface area contributed by atoms with E-state index in [0.29, 0.717) is 5.95 Å². The quantitative estimate of drug-likeness (QED) is 0.748. The van der Waals surface area contributed by atoms with Crippen LogP contribution in [0.15, 0.2) is 60.9 Å². The molecule has 0 bridgehead atoms. The predicted octanol–water partition coefficient (Wildman–Crippen LogP) is 2.95. The molecule has 1 aliphatic heterocycles. The van der Waals surface area contributed by atoms with Crippen molar-refractivity contribution in [3.05, 3.63) is 60.9 Å². The van der Waals surface area contributed by atoms with E-state index in [1.807, 2.05) is 48.7 Å². The van der Waals surface area contributed by atoms with Gasteiger partial charge in [-0.15, -0.1) is 0 Å². The highest BCUT2D eigenvalue weighted by atomic mass is 16.5. The van der Waals surface area contributed by atoms with Crippen LogP contribution in [0.5, 0.6) is 5.75 Å². The Hall–Kier alpha value is -3.35. The van der Waals surface area contributed by atoms with E-state index in [9.17, 15) is 0 Å². The second kappa shape index (κ2) is 7.90. The van der Waals surface area contributed by atoms with Crippen LogP contribution in [0.3, 0.4) is 0 Å². The first-order valence-corrected chi connectivity index (χ1v) is 8.97. The van der Waals surface area contributed by atoms with Gasteiger partial charge in [0, 0.05) is 44.3 Å². The van der Waals surface area contributed by atoms with Crippen LogP contribution in [0, 0.1) is 0 Å². The molecule has 4 rings (SSSR count). The monoisotopic (exact) mass is 362 g/mol. The summed E-state index contributed by atoms with van der Waals surface area (Å²) in [6.45, 7) is 3.63. The van der Waals surface area contributed by atoms with Crippen LogP contribution in [0.4, 0.5) is 23.3 Å². The Morgan fingerprint density at radius 1 is 0.815 bits per heavy atom. The Kier molecular flexibility index (Phi) is 5.00. The predicted molar refractivity (Wildman–Crippen MR) is 107 cm³/mol. The van der Waals surface area contributed by atoms with Gasteiger partial charge in [-0.3, -0.25) is 0 Å². The zero-order valence-corrected chi connectivity index (χ0v) is 15.2. The largest absolute Gasteiger partial charge is 0.497 e. The highest BCUT2D eigenvalue weighted by molar-refractivity contribution is 5.56. The number of anilines is 4. The first-order chi connectivity index (χ1) is 13.3. The lowest BCUT2D eigenvalue weighted by molar-refractivity contribution is 0.415. The summed E-state index contributed by atoms with van der Waals surface area (Å²) in [7, 11) is 1.66. The molecule has 1 N–H and O–H groups in total. The molecule has 1 fully saturated rings. The minimum Gasteiger partial charge on any atom is -0.497 e. The summed E-state index contributed by atoms with van der Waals surface area (Å²) < 4.78 is 5.18. The number of nitrogens with one attached hydrogen (secondary N) is 1. The summed E-state index contributed by atoms with van der Waals surface area (Å²) >= 11 is 0. The molecule has 0 radical (unpaired) electrons. The Balaban J connectivity index is 1.40. The van der Waals surface area contributed by atoms with Crippen LogP contribution in [-0.2, 0) is 0 Å². The van der Waals surface area contributed by atoms with Gasteiger partial charge in [0.05, 0.1) is 7.11 Å². The molecule has 27 heavy (non-hydrogen) atoms. The molecule has 1 aromatic carbocycles. The van der Waals surface area contributed by atoms with Crippen molar-refractivity contribution >= 4 is 23.3 Å². The summed E-state index contributed by atoms with van der Waals surface area (Å²) in [6, 6.07) is 15.7. The van der Waals surface area contributed by atoms with Gasteiger partial charge in [-0.1, -0.05) is 6.07 Å². The van der Waals surface area contributed by atoms with Crippen LogP contribution in [-0.4, -0.2) is 48.2 Å². The first-order valence-electron chi connectivity index (χ1n) is 8.97. The molecule has 0 aliphatic carbocycles. The van der Waals surface area contributed by atoms with E-state index >= 15 is 0 Å². The second-order valence-electron chi connectivity index (χ2n) is 6.25. The number of nitrogens with zero attached hydrogens (tertiary/aromatic N) is 5. The molecule has 0 unspecified atom stereocenters. The van der Waals surface area contributed by atoms with Crippen molar-refractivity contribution in [3.8, 4) is 5.75 Å². The molecule has 3 heterocycles. The van der Waals surface area contributed by atoms with Gasteiger partial charge in [0.25, 0.3) is 0 Å². The van der Waals surface area contributed by atoms with Gasteiger partial charge in [0.15, 0.2) is 0 Å². The Morgan fingerprint density at radius 3 is 2.22 bits per heavy atom. The topological polar surface area (TPSA) is 66.4 Å². The van der Waals surface area contributed by atoms with Crippen LogP contribution in [0.2, 0.25) is 0 Å². The number of benzene rings is 1. The van der Waals surface area contributed by atoms with Crippen molar-refractivity contribution in [2.45, 2.75) is 0 Å². The molecule has 0 amide bonds. The van der Waals surface area contributed by atoms with Crippen molar-refractivity contribution < 1.29 is 4.74 Å². The minimum atomic E-state index is 0.588. The highest BCUT2D eigenvalue weighted by Gasteiger charge is 2.19. The fourth-order valence-corrected chi connectivity index (χ4v) is 3.09.